The smallest absolute Gasteiger partial charge is 0.241 e. The number of aryl methyl sites for hydroxylation is 1. The van der Waals surface area contributed by atoms with Crippen LogP contribution in [0.15, 0.2) is 23.1 Å². The third-order valence-corrected chi connectivity index (χ3v) is 4.26. The topological polar surface area (TPSA) is 81.4 Å². The number of hydrogen-bond acceptors (Lipinski definition) is 4. The fourth-order valence-electron chi connectivity index (χ4n) is 1.72. The molecular formula is C12H20N2O3S. The predicted molar refractivity (Wildman–Crippen MR) is 71.9 cm³/mol. The van der Waals surface area contributed by atoms with Gasteiger partial charge >= 0.3 is 0 Å². The first kappa shape index (κ1) is 14.9. The van der Waals surface area contributed by atoms with Gasteiger partial charge in [-0.15, -0.1) is 0 Å². The van der Waals surface area contributed by atoms with Crippen molar-refractivity contribution in [1.82, 2.24) is 4.72 Å². The zero-order chi connectivity index (χ0) is 14.0. The molecule has 0 amide bonds. The van der Waals surface area contributed by atoms with E-state index >= 15 is 0 Å². The number of methoxy groups -OCH3 is 1. The molecule has 1 aromatic carbocycles. The van der Waals surface area contributed by atoms with E-state index in [4.69, 9.17) is 10.5 Å². The molecule has 0 heterocycles. The number of sulfonamides is 1. The molecule has 0 saturated carbocycles. The first-order chi connectivity index (χ1) is 8.18. The lowest BCUT2D eigenvalue weighted by Crippen LogP contribution is -2.46. The van der Waals surface area contributed by atoms with Crippen molar-refractivity contribution in [2.75, 3.05) is 19.5 Å². The molecule has 1 aromatic rings. The lowest BCUT2D eigenvalue weighted by molar-refractivity contribution is 0.141. The summed E-state index contributed by atoms with van der Waals surface area (Å²) in [5.41, 5.74) is 6.03. The van der Waals surface area contributed by atoms with Gasteiger partial charge in [0.05, 0.1) is 17.0 Å². The molecule has 0 saturated heterocycles. The van der Waals surface area contributed by atoms with Crippen LogP contribution in [-0.4, -0.2) is 27.7 Å². The van der Waals surface area contributed by atoms with E-state index < -0.39 is 15.6 Å². The zero-order valence-corrected chi connectivity index (χ0v) is 12.0. The minimum atomic E-state index is -3.60. The second kappa shape index (κ2) is 5.26. The lowest BCUT2D eigenvalue weighted by Gasteiger charge is -2.25. The van der Waals surface area contributed by atoms with E-state index in [-0.39, 0.29) is 11.5 Å². The van der Waals surface area contributed by atoms with Crippen molar-refractivity contribution < 1.29 is 13.2 Å². The molecule has 0 aromatic heterocycles. The van der Waals surface area contributed by atoms with Gasteiger partial charge in [-0.2, -0.15) is 0 Å². The highest BCUT2D eigenvalue weighted by atomic mass is 32.2. The summed E-state index contributed by atoms with van der Waals surface area (Å²) in [4.78, 5) is 0.201. The maximum absolute atomic E-state index is 12.3. The number of nitrogens with one attached hydrogen (secondary N) is 1. The molecule has 0 fully saturated rings. The minimum Gasteiger partial charge on any atom is -0.399 e. The van der Waals surface area contributed by atoms with E-state index in [1.165, 1.54) is 13.2 Å². The Labute approximate surface area is 108 Å². The molecule has 5 nitrogen and oxygen atoms in total. The molecule has 0 aliphatic rings. The Balaban J connectivity index is 3.11. The van der Waals surface area contributed by atoms with Crippen LogP contribution in [0, 0.1) is 6.92 Å². The van der Waals surface area contributed by atoms with Crippen molar-refractivity contribution >= 4 is 15.7 Å². The number of hydrogen-bond donors (Lipinski definition) is 2. The Morgan fingerprint density at radius 3 is 2.56 bits per heavy atom. The average molecular weight is 272 g/mol. The molecule has 0 radical (unpaired) electrons. The van der Waals surface area contributed by atoms with E-state index in [0.29, 0.717) is 11.3 Å². The second-order valence-electron chi connectivity index (χ2n) is 4.95. The summed E-state index contributed by atoms with van der Waals surface area (Å²) in [6, 6.07) is 4.82. The number of benzene rings is 1. The Kier molecular flexibility index (Phi) is 4.37. The molecule has 0 atom stereocenters. The van der Waals surface area contributed by atoms with Crippen molar-refractivity contribution in [3.05, 3.63) is 23.8 Å². The van der Waals surface area contributed by atoms with Crippen LogP contribution in [-0.2, 0) is 14.8 Å². The van der Waals surface area contributed by atoms with E-state index in [0.717, 1.165) is 0 Å². The SMILES string of the molecule is COCC(C)(C)NS(=O)(=O)c1cc(N)ccc1C. The van der Waals surface area contributed by atoms with Crippen LogP contribution in [0.1, 0.15) is 19.4 Å². The van der Waals surface area contributed by atoms with E-state index in [1.54, 1.807) is 32.9 Å². The number of rotatable bonds is 5. The van der Waals surface area contributed by atoms with E-state index in [1.807, 2.05) is 0 Å². The molecule has 18 heavy (non-hydrogen) atoms. The fraction of sp³-hybridized carbons (Fsp3) is 0.500. The Hall–Kier alpha value is -1.11. The van der Waals surface area contributed by atoms with Gasteiger partial charge in [-0.25, -0.2) is 13.1 Å². The van der Waals surface area contributed by atoms with Crippen molar-refractivity contribution in [2.24, 2.45) is 0 Å². The molecule has 0 spiro atoms. The predicted octanol–water partition coefficient (Wildman–Crippen LogP) is 1.28. The Morgan fingerprint density at radius 1 is 1.39 bits per heavy atom. The van der Waals surface area contributed by atoms with Gasteiger partial charge in [0.25, 0.3) is 0 Å². The molecule has 6 heteroatoms. The summed E-state index contributed by atoms with van der Waals surface area (Å²) in [6.07, 6.45) is 0. The summed E-state index contributed by atoms with van der Waals surface area (Å²) in [7, 11) is -2.07. The largest absolute Gasteiger partial charge is 0.399 e. The zero-order valence-electron chi connectivity index (χ0n) is 11.1. The Morgan fingerprint density at radius 2 is 2.00 bits per heavy atom. The highest BCUT2D eigenvalue weighted by molar-refractivity contribution is 7.89. The molecule has 0 unspecified atom stereocenters. The van der Waals surface area contributed by atoms with Gasteiger partial charge in [-0.3, -0.25) is 0 Å². The second-order valence-corrected chi connectivity index (χ2v) is 6.60. The van der Waals surface area contributed by atoms with Crippen LogP contribution in [0.25, 0.3) is 0 Å². The van der Waals surface area contributed by atoms with E-state index in [2.05, 4.69) is 4.72 Å². The average Bonchev–Trinajstić information content (AvgIpc) is 2.19. The van der Waals surface area contributed by atoms with Gasteiger partial charge in [0, 0.05) is 12.8 Å². The van der Waals surface area contributed by atoms with Crippen molar-refractivity contribution in [1.29, 1.82) is 0 Å². The highest BCUT2D eigenvalue weighted by Crippen LogP contribution is 2.20. The van der Waals surface area contributed by atoms with Crippen molar-refractivity contribution in [3.8, 4) is 0 Å². The van der Waals surface area contributed by atoms with Crippen LogP contribution in [0.5, 0.6) is 0 Å². The quantitative estimate of drug-likeness (QED) is 0.791. The van der Waals surface area contributed by atoms with Gasteiger partial charge in [0.15, 0.2) is 0 Å². The van der Waals surface area contributed by atoms with Gasteiger partial charge in [-0.05, 0) is 38.5 Å². The van der Waals surface area contributed by atoms with Crippen molar-refractivity contribution in [3.63, 3.8) is 0 Å². The molecule has 0 aliphatic carbocycles. The summed E-state index contributed by atoms with van der Waals surface area (Å²) in [5.74, 6) is 0. The summed E-state index contributed by atoms with van der Waals surface area (Å²) < 4.78 is 32.1. The molecule has 102 valence electrons. The minimum absolute atomic E-state index is 0.201. The van der Waals surface area contributed by atoms with Crippen LogP contribution >= 0.6 is 0 Å². The van der Waals surface area contributed by atoms with Gasteiger partial charge < -0.3 is 10.5 Å². The van der Waals surface area contributed by atoms with Crippen LogP contribution in [0.2, 0.25) is 0 Å². The number of ether oxygens (including phenoxy) is 1. The Bertz CT molecular complexity index is 524. The fourth-order valence-corrected chi connectivity index (χ4v) is 3.39. The summed E-state index contributed by atoms with van der Waals surface area (Å²) >= 11 is 0. The number of nitrogen functional groups attached to an aromatic ring is 1. The monoisotopic (exact) mass is 272 g/mol. The molecule has 3 N–H and O–H groups in total. The molecule has 0 aliphatic heterocycles. The molecular weight excluding hydrogens is 252 g/mol. The standard InChI is InChI=1S/C12H20N2O3S/c1-9-5-6-10(13)7-11(9)18(15,16)14-12(2,3)8-17-4/h5-7,14H,8,13H2,1-4H3. The third kappa shape index (κ3) is 3.69. The lowest BCUT2D eigenvalue weighted by atomic mass is 10.1. The first-order valence-corrected chi connectivity index (χ1v) is 7.05. The third-order valence-electron chi connectivity index (χ3n) is 2.42. The van der Waals surface area contributed by atoms with Gasteiger partial charge in [0.2, 0.25) is 10.0 Å². The van der Waals surface area contributed by atoms with Crippen LogP contribution < -0.4 is 10.5 Å². The van der Waals surface area contributed by atoms with E-state index in [9.17, 15) is 8.42 Å². The molecule has 0 bridgehead atoms. The highest BCUT2D eigenvalue weighted by Gasteiger charge is 2.27. The van der Waals surface area contributed by atoms with Crippen LogP contribution in [0.4, 0.5) is 5.69 Å². The maximum atomic E-state index is 12.3. The van der Waals surface area contributed by atoms with Gasteiger partial charge in [-0.1, -0.05) is 6.07 Å². The molecule has 1 rings (SSSR count). The normalized spacial score (nSPS) is 12.7. The summed E-state index contributed by atoms with van der Waals surface area (Å²) in [6.45, 7) is 5.54. The first-order valence-electron chi connectivity index (χ1n) is 5.57. The number of anilines is 1. The number of nitrogens with two attached hydrogens (primary N) is 1. The van der Waals surface area contributed by atoms with Crippen molar-refractivity contribution in [2.45, 2.75) is 31.2 Å². The summed E-state index contributed by atoms with van der Waals surface area (Å²) in [5, 5.41) is 0. The van der Waals surface area contributed by atoms with Gasteiger partial charge in [0.1, 0.15) is 0 Å². The maximum Gasteiger partial charge on any atom is 0.241 e. The van der Waals surface area contributed by atoms with Crippen LogP contribution in [0.3, 0.4) is 0 Å².